The summed E-state index contributed by atoms with van der Waals surface area (Å²) in [6.07, 6.45) is 0. The maximum atomic E-state index is 13.6. The highest BCUT2D eigenvalue weighted by molar-refractivity contribution is 7.07. The van der Waals surface area contributed by atoms with E-state index in [0.717, 1.165) is 17.7 Å². The third kappa shape index (κ3) is 2.94. The lowest BCUT2D eigenvalue weighted by Crippen LogP contribution is -2.26. The van der Waals surface area contributed by atoms with Gasteiger partial charge < -0.3 is 10.3 Å². The molecule has 0 atom stereocenters. The van der Waals surface area contributed by atoms with Crippen molar-refractivity contribution >= 4 is 22.9 Å². The first-order valence-corrected chi connectivity index (χ1v) is 6.69. The summed E-state index contributed by atoms with van der Waals surface area (Å²) in [7, 11) is 1.57. The number of nitrogen functional groups attached to an aromatic ring is 1. The van der Waals surface area contributed by atoms with Crippen LogP contribution in [0.15, 0.2) is 29.0 Å². The Balaban J connectivity index is 2.20. The summed E-state index contributed by atoms with van der Waals surface area (Å²) in [5, 5.41) is 3.81. The number of hydrazine groups is 1. The topological polar surface area (TPSA) is 58.4 Å². The Morgan fingerprint density at radius 1 is 1.40 bits per heavy atom. The summed E-state index contributed by atoms with van der Waals surface area (Å²) in [6.45, 7) is 0.377. The first-order chi connectivity index (χ1) is 9.52. The summed E-state index contributed by atoms with van der Waals surface area (Å²) in [5.41, 5.74) is 2.37. The van der Waals surface area contributed by atoms with Gasteiger partial charge in [0.15, 0.2) is 11.6 Å². The molecule has 1 aromatic heterocycles. The van der Waals surface area contributed by atoms with Gasteiger partial charge in [-0.2, -0.15) is 11.3 Å². The third-order valence-corrected chi connectivity index (χ3v) is 3.51. The van der Waals surface area contributed by atoms with E-state index in [0.29, 0.717) is 6.54 Å². The van der Waals surface area contributed by atoms with Crippen molar-refractivity contribution in [1.82, 2.24) is 4.90 Å². The first-order valence-electron chi connectivity index (χ1n) is 5.75. The summed E-state index contributed by atoms with van der Waals surface area (Å²) in [4.78, 5) is 13.5. The van der Waals surface area contributed by atoms with Crippen LogP contribution in [0.5, 0.6) is 0 Å². The van der Waals surface area contributed by atoms with Gasteiger partial charge in [0.05, 0.1) is 0 Å². The van der Waals surface area contributed by atoms with E-state index in [1.165, 1.54) is 16.2 Å². The van der Waals surface area contributed by atoms with Crippen molar-refractivity contribution < 1.29 is 13.6 Å². The van der Waals surface area contributed by atoms with Crippen molar-refractivity contribution in [2.75, 3.05) is 12.5 Å². The van der Waals surface area contributed by atoms with Crippen LogP contribution >= 0.6 is 11.3 Å². The molecule has 0 fully saturated rings. The summed E-state index contributed by atoms with van der Waals surface area (Å²) >= 11 is 1.52. The summed E-state index contributed by atoms with van der Waals surface area (Å²) < 4.78 is 27.1. The van der Waals surface area contributed by atoms with Crippen molar-refractivity contribution in [2.45, 2.75) is 6.54 Å². The normalized spacial score (nSPS) is 10.4. The van der Waals surface area contributed by atoms with E-state index in [-0.39, 0.29) is 5.56 Å². The van der Waals surface area contributed by atoms with Crippen LogP contribution in [0.25, 0.3) is 0 Å². The zero-order valence-electron chi connectivity index (χ0n) is 10.7. The molecule has 0 radical (unpaired) electrons. The average molecular weight is 297 g/mol. The minimum absolute atomic E-state index is 0.0586. The van der Waals surface area contributed by atoms with E-state index in [1.54, 1.807) is 7.05 Å². The standard InChI is InChI=1S/C13H13F2N3OS/c1-18(6-8-2-3-20-7-8)13(19)9-4-10(14)12(17-16)11(15)5-9/h2-5,7,17H,6,16H2,1H3. The molecular formula is C13H13F2N3OS. The number of halogens is 2. The molecule has 0 aliphatic carbocycles. The molecule has 0 aliphatic heterocycles. The number of anilines is 1. The van der Waals surface area contributed by atoms with Crippen LogP contribution in [0.1, 0.15) is 15.9 Å². The van der Waals surface area contributed by atoms with Crippen molar-refractivity contribution in [3.63, 3.8) is 0 Å². The van der Waals surface area contributed by atoms with E-state index >= 15 is 0 Å². The lowest BCUT2D eigenvalue weighted by Gasteiger charge is -2.17. The Bertz CT molecular complexity index is 593. The number of nitrogens with zero attached hydrogens (tertiary/aromatic N) is 1. The van der Waals surface area contributed by atoms with Gasteiger partial charge in [-0.05, 0) is 34.5 Å². The molecule has 0 saturated carbocycles. The van der Waals surface area contributed by atoms with E-state index in [1.807, 2.05) is 22.3 Å². The van der Waals surface area contributed by atoms with Crippen molar-refractivity contribution in [3.8, 4) is 0 Å². The van der Waals surface area contributed by atoms with E-state index in [4.69, 9.17) is 5.84 Å². The highest BCUT2D eigenvalue weighted by atomic mass is 32.1. The van der Waals surface area contributed by atoms with Gasteiger partial charge in [-0.25, -0.2) is 8.78 Å². The predicted octanol–water partition coefficient (Wildman–Crippen LogP) is 2.58. The Morgan fingerprint density at radius 3 is 2.55 bits per heavy atom. The molecule has 7 heteroatoms. The molecule has 2 rings (SSSR count). The Morgan fingerprint density at radius 2 is 2.05 bits per heavy atom. The number of amides is 1. The monoisotopic (exact) mass is 297 g/mol. The van der Waals surface area contributed by atoms with Gasteiger partial charge in [0.1, 0.15) is 5.69 Å². The number of carbonyl (C=O) groups excluding carboxylic acids is 1. The van der Waals surface area contributed by atoms with Crippen molar-refractivity contribution in [1.29, 1.82) is 0 Å². The summed E-state index contributed by atoms with van der Waals surface area (Å²) in [6, 6.07) is 3.81. The number of hydrogen-bond acceptors (Lipinski definition) is 4. The van der Waals surface area contributed by atoms with Crippen molar-refractivity contribution in [3.05, 3.63) is 51.7 Å². The van der Waals surface area contributed by atoms with E-state index in [9.17, 15) is 13.6 Å². The van der Waals surface area contributed by atoms with Gasteiger partial charge >= 0.3 is 0 Å². The fourth-order valence-electron chi connectivity index (χ4n) is 1.78. The van der Waals surface area contributed by atoms with Gasteiger partial charge in [-0.3, -0.25) is 10.6 Å². The minimum atomic E-state index is -0.903. The lowest BCUT2D eigenvalue weighted by molar-refractivity contribution is 0.0784. The second kappa shape index (κ2) is 5.98. The molecule has 3 N–H and O–H groups in total. The Labute approximate surface area is 118 Å². The van der Waals surface area contributed by atoms with Crippen LogP contribution in [-0.2, 0) is 6.54 Å². The number of thiophene rings is 1. The fraction of sp³-hybridized carbons (Fsp3) is 0.154. The van der Waals surface area contributed by atoms with Crippen LogP contribution in [0.2, 0.25) is 0 Å². The van der Waals surface area contributed by atoms with Crippen LogP contribution in [0.3, 0.4) is 0 Å². The molecule has 0 bridgehead atoms. The zero-order valence-corrected chi connectivity index (χ0v) is 11.5. The Kier molecular flexibility index (Phi) is 4.31. The average Bonchev–Trinajstić information content (AvgIpc) is 2.90. The minimum Gasteiger partial charge on any atom is -0.337 e. The Hall–Kier alpha value is -1.99. The van der Waals surface area contributed by atoms with Gasteiger partial charge in [-0.1, -0.05) is 0 Å². The molecule has 1 aromatic carbocycles. The number of carbonyl (C=O) groups is 1. The van der Waals surface area contributed by atoms with Gasteiger partial charge in [0, 0.05) is 19.2 Å². The zero-order chi connectivity index (χ0) is 14.7. The SMILES string of the molecule is CN(Cc1ccsc1)C(=O)c1cc(F)c(NN)c(F)c1. The number of rotatable bonds is 4. The summed E-state index contributed by atoms with van der Waals surface area (Å²) in [5.74, 6) is 2.74. The lowest BCUT2D eigenvalue weighted by atomic mass is 10.1. The quantitative estimate of drug-likeness (QED) is 0.673. The fourth-order valence-corrected chi connectivity index (χ4v) is 2.44. The van der Waals surface area contributed by atoms with Crippen LogP contribution in [0.4, 0.5) is 14.5 Å². The van der Waals surface area contributed by atoms with E-state index < -0.39 is 23.2 Å². The highest BCUT2D eigenvalue weighted by Gasteiger charge is 2.17. The molecule has 0 unspecified atom stereocenters. The number of nitrogens with two attached hydrogens (primary N) is 1. The maximum Gasteiger partial charge on any atom is 0.254 e. The van der Waals surface area contributed by atoms with Crippen LogP contribution in [0, 0.1) is 11.6 Å². The number of benzene rings is 1. The number of hydrogen-bond donors (Lipinski definition) is 2. The molecule has 4 nitrogen and oxygen atoms in total. The molecule has 0 spiro atoms. The molecule has 0 aliphatic rings. The van der Waals surface area contributed by atoms with Gasteiger partial charge in [0.2, 0.25) is 0 Å². The van der Waals surface area contributed by atoms with E-state index in [2.05, 4.69) is 0 Å². The molecular weight excluding hydrogens is 284 g/mol. The second-order valence-electron chi connectivity index (χ2n) is 4.25. The molecule has 2 aromatic rings. The van der Waals surface area contributed by atoms with Crippen LogP contribution < -0.4 is 11.3 Å². The van der Waals surface area contributed by atoms with Gasteiger partial charge in [-0.15, -0.1) is 0 Å². The van der Waals surface area contributed by atoms with Gasteiger partial charge in [0.25, 0.3) is 5.91 Å². The molecule has 0 saturated heterocycles. The number of nitrogens with one attached hydrogen (secondary N) is 1. The molecule has 106 valence electrons. The third-order valence-electron chi connectivity index (χ3n) is 2.78. The molecule has 1 heterocycles. The smallest absolute Gasteiger partial charge is 0.254 e. The molecule has 20 heavy (non-hydrogen) atoms. The van der Waals surface area contributed by atoms with Crippen molar-refractivity contribution in [2.24, 2.45) is 5.84 Å². The second-order valence-corrected chi connectivity index (χ2v) is 5.03. The first kappa shape index (κ1) is 14.4. The predicted molar refractivity (Wildman–Crippen MR) is 74.3 cm³/mol. The van der Waals surface area contributed by atoms with Crippen LogP contribution in [-0.4, -0.2) is 17.9 Å². The highest BCUT2D eigenvalue weighted by Crippen LogP contribution is 2.21. The largest absolute Gasteiger partial charge is 0.337 e. The maximum absolute atomic E-state index is 13.6. The molecule has 1 amide bonds.